The van der Waals surface area contributed by atoms with Crippen LogP contribution in [0.15, 0.2) is 60.9 Å². The fourth-order valence-corrected chi connectivity index (χ4v) is 2.62. The van der Waals surface area contributed by atoms with E-state index >= 15 is 0 Å². The van der Waals surface area contributed by atoms with Gasteiger partial charge in [-0.05, 0) is 29.2 Å². The molecule has 3 aromatic rings. The fourth-order valence-electron chi connectivity index (χ4n) is 2.62. The number of hydrogen-bond acceptors (Lipinski definition) is 4. The Hall–Kier alpha value is -3.28. The highest BCUT2D eigenvalue weighted by molar-refractivity contribution is 5.92. The quantitative estimate of drug-likeness (QED) is 0.682. The van der Waals surface area contributed by atoms with Crippen molar-refractivity contribution >= 4 is 17.4 Å². The van der Waals surface area contributed by atoms with Crippen molar-refractivity contribution in [2.75, 3.05) is 5.32 Å². The van der Waals surface area contributed by atoms with Gasteiger partial charge >= 0.3 is 0 Å². The lowest BCUT2D eigenvalue weighted by atomic mass is 9.87. The molecule has 144 valence electrons. The van der Waals surface area contributed by atoms with Crippen molar-refractivity contribution in [3.8, 4) is 0 Å². The van der Waals surface area contributed by atoms with Crippen LogP contribution >= 0.6 is 0 Å². The highest BCUT2D eigenvalue weighted by Gasteiger charge is 2.13. The summed E-state index contributed by atoms with van der Waals surface area (Å²) in [6, 6.07) is 14.4. The van der Waals surface area contributed by atoms with Gasteiger partial charge in [0.2, 0.25) is 0 Å². The number of nitrogens with zero attached hydrogens (tertiary/aromatic N) is 2. The van der Waals surface area contributed by atoms with Crippen LogP contribution in [0.1, 0.15) is 42.4 Å². The summed E-state index contributed by atoms with van der Waals surface area (Å²) in [7, 11) is 0. The van der Waals surface area contributed by atoms with Gasteiger partial charge in [-0.15, -0.1) is 0 Å². The van der Waals surface area contributed by atoms with E-state index in [1.807, 2.05) is 12.1 Å². The number of carbonyl (C=O) groups excluding carboxylic acids is 1. The molecule has 28 heavy (non-hydrogen) atoms. The van der Waals surface area contributed by atoms with E-state index in [9.17, 15) is 9.18 Å². The molecule has 0 aliphatic rings. The summed E-state index contributed by atoms with van der Waals surface area (Å²) in [4.78, 5) is 20.5. The van der Waals surface area contributed by atoms with Crippen molar-refractivity contribution in [3.63, 3.8) is 0 Å². The van der Waals surface area contributed by atoms with Gasteiger partial charge in [0.1, 0.15) is 17.3 Å². The topological polar surface area (TPSA) is 66.9 Å². The molecule has 0 saturated carbocycles. The third-order valence-electron chi connectivity index (χ3n) is 4.31. The third kappa shape index (κ3) is 4.91. The van der Waals surface area contributed by atoms with Gasteiger partial charge in [-0.3, -0.25) is 4.79 Å². The Kier molecular flexibility index (Phi) is 5.68. The van der Waals surface area contributed by atoms with Crippen LogP contribution in [0, 0.1) is 5.82 Å². The first-order valence-corrected chi connectivity index (χ1v) is 9.04. The molecule has 0 saturated heterocycles. The largest absolute Gasteiger partial charge is 0.346 e. The lowest BCUT2D eigenvalue weighted by Crippen LogP contribution is -2.24. The summed E-state index contributed by atoms with van der Waals surface area (Å²) in [5, 5.41) is 5.80. The smallest absolute Gasteiger partial charge is 0.271 e. The van der Waals surface area contributed by atoms with Crippen molar-refractivity contribution in [2.24, 2.45) is 0 Å². The van der Waals surface area contributed by atoms with Gasteiger partial charge in [0.15, 0.2) is 0 Å². The van der Waals surface area contributed by atoms with Gasteiger partial charge in [0.25, 0.3) is 5.91 Å². The monoisotopic (exact) mass is 378 g/mol. The summed E-state index contributed by atoms with van der Waals surface area (Å²) in [6.45, 7) is 6.58. The minimum absolute atomic E-state index is 0.0906. The maximum atomic E-state index is 13.6. The molecule has 0 spiro atoms. The number of aromatic nitrogens is 2. The van der Waals surface area contributed by atoms with Crippen molar-refractivity contribution in [1.29, 1.82) is 0 Å². The second-order valence-electron chi connectivity index (χ2n) is 7.51. The van der Waals surface area contributed by atoms with Gasteiger partial charge in [0.05, 0.1) is 12.4 Å². The number of rotatable bonds is 5. The Morgan fingerprint density at radius 3 is 2.32 bits per heavy atom. The van der Waals surface area contributed by atoms with Crippen molar-refractivity contribution in [2.45, 2.75) is 32.7 Å². The summed E-state index contributed by atoms with van der Waals surface area (Å²) < 4.78 is 13.6. The molecular weight excluding hydrogens is 355 g/mol. The normalized spacial score (nSPS) is 11.1. The molecule has 0 aliphatic carbocycles. The van der Waals surface area contributed by atoms with Gasteiger partial charge < -0.3 is 10.6 Å². The zero-order valence-electron chi connectivity index (χ0n) is 16.2. The van der Waals surface area contributed by atoms with Gasteiger partial charge in [-0.2, -0.15) is 0 Å². The maximum absolute atomic E-state index is 13.6. The van der Waals surface area contributed by atoms with Gasteiger partial charge in [-0.1, -0.05) is 51.1 Å². The second-order valence-corrected chi connectivity index (χ2v) is 7.51. The Morgan fingerprint density at radius 2 is 1.71 bits per heavy atom. The van der Waals surface area contributed by atoms with E-state index in [1.165, 1.54) is 24.0 Å². The van der Waals surface area contributed by atoms with E-state index < -0.39 is 5.91 Å². The number of anilines is 2. The summed E-state index contributed by atoms with van der Waals surface area (Å²) in [6.07, 6.45) is 2.89. The molecule has 1 heterocycles. The number of hydrogen-bond donors (Lipinski definition) is 2. The Labute approximate surface area is 164 Å². The van der Waals surface area contributed by atoms with Gasteiger partial charge in [-0.25, -0.2) is 14.4 Å². The number of amides is 1. The number of benzene rings is 2. The number of carbonyl (C=O) groups is 1. The van der Waals surface area contributed by atoms with Crippen LogP contribution in [-0.4, -0.2) is 15.9 Å². The molecule has 0 bridgehead atoms. The second kappa shape index (κ2) is 8.17. The fraction of sp³-hybridized carbons (Fsp3) is 0.227. The summed E-state index contributed by atoms with van der Waals surface area (Å²) in [5.74, 6) is -0.225. The number of nitrogens with one attached hydrogen (secondary N) is 2. The Morgan fingerprint density at radius 1 is 1.00 bits per heavy atom. The molecular formula is C22H23FN4O. The zero-order valence-corrected chi connectivity index (χ0v) is 16.2. The van der Waals surface area contributed by atoms with E-state index in [0.29, 0.717) is 11.4 Å². The van der Waals surface area contributed by atoms with Crippen LogP contribution in [-0.2, 0) is 12.0 Å². The first-order valence-electron chi connectivity index (χ1n) is 9.04. The SMILES string of the molecule is CC(C)(C)c1ccc(Nc2cnc(C(=O)NCc3ccccc3F)cn2)cc1. The first-order chi connectivity index (χ1) is 13.3. The average Bonchev–Trinajstić information content (AvgIpc) is 2.67. The maximum Gasteiger partial charge on any atom is 0.271 e. The average molecular weight is 378 g/mol. The molecule has 0 unspecified atom stereocenters. The molecule has 3 rings (SSSR count). The highest BCUT2D eigenvalue weighted by atomic mass is 19.1. The minimum atomic E-state index is -0.406. The molecule has 6 heteroatoms. The van der Waals surface area contributed by atoms with Gasteiger partial charge in [0, 0.05) is 17.8 Å². The summed E-state index contributed by atoms with van der Waals surface area (Å²) >= 11 is 0. The molecule has 0 atom stereocenters. The molecule has 1 amide bonds. The Balaban J connectivity index is 1.60. The van der Waals surface area contributed by atoms with E-state index in [2.05, 4.69) is 53.5 Å². The molecule has 2 aromatic carbocycles. The van der Waals surface area contributed by atoms with Crippen molar-refractivity contribution in [1.82, 2.24) is 15.3 Å². The predicted octanol–water partition coefficient (Wildman–Crippen LogP) is 4.59. The van der Waals surface area contributed by atoms with Crippen LogP contribution < -0.4 is 10.6 Å². The minimum Gasteiger partial charge on any atom is -0.346 e. The lowest BCUT2D eigenvalue weighted by molar-refractivity contribution is 0.0945. The Bertz CT molecular complexity index is 948. The number of halogens is 1. The standard InChI is InChI=1S/C22H23FN4O/c1-22(2,3)16-8-10-17(11-9-16)27-20-14-24-19(13-25-20)21(28)26-12-15-6-4-5-7-18(15)23/h4-11,13-14H,12H2,1-3H3,(H,25,27)(H,26,28). The van der Waals surface area contributed by atoms with Crippen molar-refractivity contribution < 1.29 is 9.18 Å². The molecule has 0 radical (unpaired) electrons. The van der Waals surface area contributed by atoms with Crippen LogP contribution in [0.5, 0.6) is 0 Å². The van der Waals surface area contributed by atoms with E-state index in [1.54, 1.807) is 18.2 Å². The van der Waals surface area contributed by atoms with Crippen molar-refractivity contribution in [3.05, 3.63) is 83.6 Å². The first kappa shape index (κ1) is 19.5. The highest BCUT2D eigenvalue weighted by Crippen LogP contribution is 2.24. The third-order valence-corrected chi connectivity index (χ3v) is 4.31. The van der Waals surface area contributed by atoms with Crippen LogP contribution in [0.25, 0.3) is 0 Å². The van der Waals surface area contributed by atoms with Crippen LogP contribution in [0.3, 0.4) is 0 Å². The lowest BCUT2D eigenvalue weighted by Gasteiger charge is -2.19. The predicted molar refractivity (Wildman–Crippen MR) is 108 cm³/mol. The van der Waals surface area contributed by atoms with E-state index in [4.69, 9.17) is 0 Å². The molecule has 0 aliphatic heterocycles. The molecule has 2 N–H and O–H groups in total. The zero-order chi connectivity index (χ0) is 20.1. The summed E-state index contributed by atoms with van der Waals surface area (Å²) in [5.41, 5.74) is 2.81. The molecule has 0 fully saturated rings. The van der Waals surface area contributed by atoms with Crippen LogP contribution in [0.2, 0.25) is 0 Å². The molecule has 1 aromatic heterocycles. The van der Waals surface area contributed by atoms with Crippen LogP contribution in [0.4, 0.5) is 15.9 Å². The van der Waals surface area contributed by atoms with E-state index in [-0.39, 0.29) is 23.5 Å². The molecule has 5 nitrogen and oxygen atoms in total. The van der Waals surface area contributed by atoms with E-state index in [0.717, 1.165) is 5.69 Å².